The maximum Gasteiger partial charge on any atom is 0.471 e. The molecule has 0 fully saturated rings. The van der Waals surface area contributed by atoms with Crippen LogP contribution in [0.3, 0.4) is 0 Å². The number of amides is 3. The predicted molar refractivity (Wildman–Crippen MR) is 98.6 cm³/mol. The molecule has 174 valence electrons. The van der Waals surface area contributed by atoms with Gasteiger partial charge in [0.15, 0.2) is 0 Å². The Morgan fingerprint density at radius 1 is 0.935 bits per heavy atom. The zero-order valence-electron chi connectivity index (χ0n) is 16.4. The van der Waals surface area contributed by atoms with Gasteiger partial charge in [-0.15, -0.1) is 0 Å². The van der Waals surface area contributed by atoms with Gasteiger partial charge in [-0.1, -0.05) is 0 Å². The van der Waals surface area contributed by atoms with E-state index in [2.05, 4.69) is 10.6 Å². The highest BCUT2D eigenvalue weighted by Crippen LogP contribution is 2.29. The van der Waals surface area contributed by atoms with Gasteiger partial charge in [0.2, 0.25) is 11.8 Å². The summed E-state index contributed by atoms with van der Waals surface area (Å²) < 4.78 is 75.2. The summed E-state index contributed by atoms with van der Waals surface area (Å²) in [4.78, 5) is 35.6. The number of halogens is 6. The van der Waals surface area contributed by atoms with E-state index in [1.807, 2.05) is 0 Å². The third kappa shape index (κ3) is 8.82. The van der Waals surface area contributed by atoms with Crippen molar-refractivity contribution in [1.82, 2.24) is 10.6 Å². The molecule has 0 aliphatic rings. The Morgan fingerprint density at radius 3 is 2.00 bits per heavy atom. The standard InChI is InChI=1S/C18H22F6N4O3/c1-10(14(29)27-12-7-5-11(6-8-12)17(19,20)21)26-15(30)13(4-2-3-9-25)28-16(31)18(22,23)24/h5-8,10,13H,2-4,9,25H2,1H3,(H,26,30)(H,27,29)(H,28,31)/t10-,13-/m0/s1. The largest absolute Gasteiger partial charge is 0.471 e. The Balaban J connectivity index is 2.75. The Hall–Kier alpha value is -2.83. The Bertz CT molecular complexity index is 765. The van der Waals surface area contributed by atoms with Crippen LogP contribution in [0.2, 0.25) is 0 Å². The van der Waals surface area contributed by atoms with Gasteiger partial charge in [0.1, 0.15) is 12.1 Å². The Kier molecular flexibility index (Phi) is 9.28. The van der Waals surface area contributed by atoms with Crippen molar-refractivity contribution in [2.75, 3.05) is 11.9 Å². The fraction of sp³-hybridized carbons (Fsp3) is 0.500. The van der Waals surface area contributed by atoms with Crippen LogP contribution >= 0.6 is 0 Å². The average Bonchev–Trinajstić information content (AvgIpc) is 2.66. The molecule has 0 saturated carbocycles. The molecule has 1 aromatic carbocycles. The molecule has 0 spiro atoms. The van der Waals surface area contributed by atoms with Crippen LogP contribution < -0.4 is 21.7 Å². The van der Waals surface area contributed by atoms with E-state index in [1.54, 1.807) is 5.32 Å². The molecule has 7 nitrogen and oxygen atoms in total. The fourth-order valence-corrected chi connectivity index (χ4v) is 2.37. The monoisotopic (exact) mass is 456 g/mol. The Morgan fingerprint density at radius 2 is 1.52 bits per heavy atom. The minimum atomic E-state index is -5.20. The zero-order valence-corrected chi connectivity index (χ0v) is 16.4. The van der Waals surface area contributed by atoms with Gasteiger partial charge in [0.05, 0.1) is 5.56 Å². The van der Waals surface area contributed by atoms with Gasteiger partial charge >= 0.3 is 18.3 Å². The molecule has 2 atom stereocenters. The van der Waals surface area contributed by atoms with Crippen LogP contribution in [-0.4, -0.2) is 42.5 Å². The van der Waals surface area contributed by atoms with Crippen LogP contribution in [0.15, 0.2) is 24.3 Å². The second-order valence-electron chi connectivity index (χ2n) is 6.60. The number of benzene rings is 1. The molecule has 0 saturated heterocycles. The maximum absolute atomic E-state index is 12.6. The van der Waals surface area contributed by atoms with E-state index in [9.17, 15) is 40.7 Å². The SMILES string of the molecule is C[C@H](NC(=O)[C@H](CCCCN)NC(=O)C(F)(F)F)C(=O)Nc1ccc(C(F)(F)F)cc1. The van der Waals surface area contributed by atoms with Crippen molar-refractivity contribution in [3.05, 3.63) is 29.8 Å². The zero-order chi connectivity index (χ0) is 23.8. The van der Waals surface area contributed by atoms with E-state index in [4.69, 9.17) is 5.73 Å². The van der Waals surface area contributed by atoms with E-state index >= 15 is 0 Å². The van der Waals surface area contributed by atoms with Crippen LogP contribution in [0.1, 0.15) is 31.7 Å². The molecule has 0 aromatic heterocycles. The van der Waals surface area contributed by atoms with E-state index < -0.39 is 47.7 Å². The van der Waals surface area contributed by atoms with Crippen molar-refractivity contribution in [3.8, 4) is 0 Å². The lowest BCUT2D eigenvalue weighted by Crippen LogP contribution is -2.53. The van der Waals surface area contributed by atoms with Gasteiger partial charge in [-0.05, 0) is 57.0 Å². The van der Waals surface area contributed by atoms with Crippen molar-refractivity contribution in [3.63, 3.8) is 0 Å². The van der Waals surface area contributed by atoms with Gasteiger partial charge in [-0.25, -0.2) is 0 Å². The summed E-state index contributed by atoms with van der Waals surface area (Å²) in [5.41, 5.74) is 4.40. The highest BCUT2D eigenvalue weighted by atomic mass is 19.4. The first-order chi connectivity index (χ1) is 14.3. The summed E-state index contributed by atoms with van der Waals surface area (Å²) in [6.45, 7) is 1.45. The van der Waals surface area contributed by atoms with Crippen molar-refractivity contribution >= 4 is 23.4 Å². The smallest absolute Gasteiger partial charge is 0.343 e. The second kappa shape index (κ2) is 11.0. The minimum Gasteiger partial charge on any atom is -0.343 e. The fourth-order valence-electron chi connectivity index (χ4n) is 2.37. The minimum absolute atomic E-state index is 0.0176. The number of carbonyl (C=O) groups is 3. The van der Waals surface area contributed by atoms with E-state index in [0.29, 0.717) is 6.42 Å². The number of nitrogens with two attached hydrogens (primary N) is 1. The van der Waals surface area contributed by atoms with E-state index in [-0.39, 0.29) is 25.1 Å². The van der Waals surface area contributed by atoms with Crippen LogP contribution in [0.25, 0.3) is 0 Å². The van der Waals surface area contributed by atoms with Gasteiger partial charge in [-0.2, -0.15) is 26.3 Å². The molecule has 3 amide bonds. The Labute approximate surface area is 173 Å². The number of rotatable bonds is 9. The normalized spacial score (nSPS) is 13.8. The van der Waals surface area contributed by atoms with Gasteiger partial charge < -0.3 is 21.7 Å². The molecule has 0 unspecified atom stereocenters. The lowest BCUT2D eigenvalue weighted by molar-refractivity contribution is -0.174. The highest BCUT2D eigenvalue weighted by molar-refractivity contribution is 5.98. The molecule has 0 aliphatic carbocycles. The molecule has 0 aliphatic heterocycles. The third-order valence-electron chi connectivity index (χ3n) is 4.06. The molecule has 5 N–H and O–H groups in total. The number of carbonyl (C=O) groups excluding carboxylic acids is 3. The molecule has 0 bridgehead atoms. The first-order valence-electron chi connectivity index (χ1n) is 9.12. The number of nitrogens with one attached hydrogen (secondary N) is 3. The van der Waals surface area contributed by atoms with E-state index in [0.717, 1.165) is 24.3 Å². The summed E-state index contributed by atoms with van der Waals surface area (Å²) in [5.74, 6) is -4.15. The van der Waals surface area contributed by atoms with Crippen molar-refractivity contribution in [1.29, 1.82) is 0 Å². The summed E-state index contributed by atoms with van der Waals surface area (Å²) in [6, 6.07) is 0.706. The summed E-state index contributed by atoms with van der Waals surface area (Å²) in [7, 11) is 0. The third-order valence-corrected chi connectivity index (χ3v) is 4.06. The predicted octanol–water partition coefficient (Wildman–Crippen LogP) is 2.32. The topological polar surface area (TPSA) is 113 Å². The van der Waals surface area contributed by atoms with Crippen LogP contribution in [0.5, 0.6) is 0 Å². The van der Waals surface area contributed by atoms with Crippen molar-refractivity contribution in [2.24, 2.45) is 5.73 Å². The second-order valence-corrected chi connectivity index (χ2v) is 6.60. The van der Waals surface area contributed by atoms with Gasteiger partial charge in [0, 0.05) is 5.69 Å². The molecular weight excluding hydrogens is 434 g/mol. The first kappa shape index (κ1) is 26.2. The van der Waals surface area contributed by atoms with Crippen molar-refractivity contribution in [2.45, 2.75) is 50.6 Å². The average molecular weight is 456 g/mol. The molecule has 0 heterocycles. The maximum atomic E-state index is 12.6. The quantitative estimate of drug-likeness (QED) is 0.337. The lowest BCUT2D eigenvalue weighted by Gasteiger charge is -2.21. The van der Waals surface area contributed by atoms with E-state index in [1.165, 1.54) is 6.92 Å². The van der Waals surface area contributed by atoms with Gasteiger partial charge in [-0.3, -0.25) is 14.4 Å². The molecule has 13 heteroatoms. The molecule has 0 radical (unpaired) electrons. The summed E-state index contributed by atoms with van der Waals surface area (Å²) >= 11 is 0. The first-order valence-corrected chi connectivity index (χ1v) is 9.12. The number of hydrogen-bond donors (Lipinski definition) is 4. The molecule has 31 heavy (non-hydrogen) atoms. The lowest BCUT2D eigenvalue weighted by atomic mass is 10.1. The number of hydrogen-bond acceptors (Lipinski definition) is 4. The molecule has 1 aromatic rings. The van der Waals surface area contributed by atoms with Crippen LogP contribution in [0.4, 0.5) is 32.0 Å². The number of unbranched alkanes of at least 4 members (excludes halogenated alkanes) is 1. The molecular formula is C18H22F6N4O3. The number of anilines is 1. The van der Waals surface area contributed by atoms with Crippen LogP contribution in [0, 0.1) is 0 Å². The molecule has 1 rings (SSSR count). The number of alkyl halides is 6. The van der Waals surface area contributed by atoms with Gasteiger partial charge in [0.25, 0.3) is 0 Å². The summed E-state index contributed by atoms with van der Waals surface area (Å²) in [5, 5.41) is 6.03. The van der Waals surface area contributed by atoms with Crippen molar-refractivity contribution < 1.29 is 40.7 Å². The highest BCUT2D eigenvalue weighted by Gasteiger charge is 2.41. The van der Waals surface area contributed by atoms with Crippen LogP contribution in [-0.2, 0) is 20.6 Å². The summed E-state index contributed by atoms with van der Waals surface area (Å²) in [6.07, 6.45) is -9.24.